The van der Waals surface area contributed by atoms with Crippen LogP contribution in [0.4, 0.5) is 0 Å². The Morgan fingerprint density at radius 3 is 2.09 bits per heavy atom. The smallest absolute Gasteiger partial charge is 0.0713 e. The highest BCUT2D eigenvalue weighted by atomic mass is 14.6. The van der Waals surface area contributed by atoms with Crippen LogP contribution in [0.1, 0.15) is 92.5 Å². The lowest BCUT2D eigenvalue weighted by Gasteiger charge is -2.50. The molecule has 274 valence electrons. The molecule has 0 N–H and O–H groups in total. The molecule has 0 saturated heterocycles. The van der Waals surface area contributed by atoms with Gasteiger partial charge in [0.1, 0.15) is 0 Å². The molecule has 6 rings (SSSR count). The van der Waals surface area contributed by atoms with E-state index in [9.17, 15) is 0 Å². The number of benzene rings is 4. The molecule has 0 aliphatic heterocycles. The highest BCUT2D eigenvalue weighted by molar-refractivity contribution is 5.82. The molecule has 0 aromatic heterocycles. The molecule has 1 spiro atoms. The zero-order chi connectivity index (χ0) is 39.0. The zero-order valence-electron chi connectivity index (χ0n) is 33.4. The molecule has 4 aromatic rings. The Labute approximate surface area is 331 Å². The first-order valence-electron chi connectivity index (χ1n) is 19.6. The summed E-state index contributed by atoms with van der Waals surface area (Å²) in [6.07, 6.45) is 33.8. The second kappa shape index (κ2) is 17.1. The van der Waals surface area contributed by atoms with Crippen LogP contribution in [-0.2, 0) is 17.3 Å². The summed E-state index contributed by atoms with van der Waals surface area (Å²) in [6.45, 7) is 17.4. The molecule has 2 aliphatic carbocycles. The fraction of sp³-hybridized carbons (Fsp3) is 0.200. The van der Waals surface area contributed by atoms with Crippen molar-refractivity contribution in [1.29, 1.82) is 0 Å². The third-order valence-electron chi connectivity index (χ3n) is 11.7. The topological polar surface area (TPSA) is 0 Å². The van der Waals surface area contributed by atoms with Crippen LogP contribution in [0.2, 0.25) is 0 Å². The minimum Gasteiger partial charge on any atom is -0.115 e. The summed E-state index contributed by atoms with van der Waals surface area (Å²) in [7, 11) is 0. The lowest BCUT2D eigenvalue weighted by Crippen LogP contribution is -2.44. The van der Waals surface area contributed by atoms with Crippen molar-refractivity contribution in [2.75, 3.05) is 0 Å². The van der Waals surface area contributed by atoms with E-state index >= 15 is 0 Å². The SMILES string of the molecule is C#C/C=C\C1=C(C)C(C)=C(/C=C\C)C12c1ccccc1C(C)(c1ccccc1CC(C)C/C=C\C=C)c1c(/C=C/C=C(\C=C/C)c3ccccc3)cccc12. The molecule has 55 heavy (non-hydrogen) atoms. The monoisotopic (exact) mass is 714 g/mol. The molecular formula is C55H54. The van der Waals surface area contributed by atoms with Crippen LogP contribution in [0.25, 0.3) is 11.6 Å². The standard InChI is InChI=1S/C55H54/c1-9-13-16-27-40(5)39-46-30-19-20-35-49(46)54(8)50-36-21-22-37-51(50)55(47(26-12-4)41(6)42(7)48(55)34-14-10-2)52-38-24-33-45(53(52)54)32-23-31-43(25-11-3)44-28-17-15-18-29-44/h2,9,11-26,28-38,40H,1,27,39H2,3-8H3/b16-13-,25-11-,26-12-,32-23+,34-14-,43-31+. The average Bonchev–Trinajstić information content (AvgIpc) is 3.41. The normalized spacial score (nSPS) is 20.4. The fourth-order valence-corrected chi connectivity index (χ4v) is 9.24. The van der Waals surface area contributed by atoms with Gasteiger partial charge in [0.2, 0.25) is 0 Å². The van der Waals surface area contributed by atoms with E-state index in [2.05, 4.69) is 212 Å². The van der Waals surface area contributed by atoms with E-state index in [0.29, 0.717) is 5.92 Å². The minimum absolute atomic E-state index is 0.460. The summed E-state index contributed by atoms with van der Waals surface area (Å²) in [5.41, 5.74) is 15.6. The first-order chi connectivity index (χ1) is 26.8. The van der Waals surface area contributed by atoms with Crippen molar-refractivity contribution in [2.45, 2.75) is 65.2 Å². The van der Waals surface area contributed by atoms with Crippen LogP contribution in [0.3, 0.4) is 0 Å². The number of hydrogen-bond acceptors (Lipinski definition) is 0. The Bertz CT molecular complexity index is 2350. The average molecular weight is 715 g/mol. The molecule has 0 amide bonds. The Morgan fingerprint density at radius 1 is 0.745 bits per heavy atom. The molecule has 3 atom stereocenters. The first-order valence-corrected chi connectivity index (χ1v) is 19.6. The van der Waals surface area contributed by atoms with Crippen molar-refractivity contribution in [1.82, 2.24) is 0 Å². The van der Waals surface area contributed by atoms with Gasteiger partial charge in [0.25, 0.3) is 0 Å². The van der Waals surface area contributed by atoms with Crippen LogP contribution in [0, 0.1) is 18.3 Å². The third kappa shape index (κ3) is 6.97. The van der Waals surface area contributed by atoms with Crippen molar-refractivity contribution in [3.8, 4) is 12.3 Å². The van der Waals surface area contributed by atoms with E-state index in [1.807, 2.05) is 12.2 Å². The van der Waals surface area contributed by atoms with Crippen molar-refractivity contribution in [3.05, 3.63) is 237 Å². The molecule has 0 fully saturated rings. The van der Waals surface area contributed by atoms with Gasteiger partial charge >= 0.3 is 0 Å². The van der Waals surface area contributed by atoms with E-state index < -0.39 is 10.8 Å². The maximum absolute atomic E-state index is 5.95. The van der Waals surface area contributed by atoms with Gasteiger partial charge in [0.05, 0.1) is 5.41 Å². The molecule has 0 heterocycles. The predicted molar refractivity (Wildman–Crippen MR) is 239 cm³/mol. The molecule has 0 heteroatoms. The van der Waals surface area contributed by atoms with E-state index in [4.69, 9.17) is 6.42 Å². The van der Waals surface area contributed by atoms with E-state index in [1.54, 1.807) is 0 Å². The van der Waals surface area contributed by atoms with Crippen LogP contribution in [0.5, 0.6) is 0 Å². The fourth-order valence-electron chi connectivity index (χ4n) is 9.24. The van der Waals surface area contributed by atoms with Crippen molar-refractivity contribution in [3.63, 3.8) is 0 Å². The van der Waals surface area contributed by atoms with Crippen LogP contribution in [0.15, 0.2) is 193 Å². The Morgan fingerprint density at radius 2 is 1.40 bits per heavy atom. The van der Waals surface area contributed by atoms with Gasteiger partial charge in [-0.2, -0.15) is 0 Å². The molecule has 0 bridgehead atoms. The van der Waals surface area contributed by atoms with Gasteiger partial charge in [-0.3, -0.25) is 0 Å². The van der Waals surface area contributed by atoms with Crippen molar-refractivity contribution >= 4 is 11.6 Å². The summed E-state index contributed by atoms with van der Waals surface area (Å²) >= 11 is 0. The van der Waals surface area contributed by atoms with Crippen LogP contribution in [-0.4, -0.2) is 0 Å². The van der Waals surface area contributed by atoms with Gasteiger partial charge in [0.15, 0.2) is 0 Å². The second-order valence-electron chi connectivity index (χ2n) is 15.0. The summed E-state index contributed by atoms with van der Waals surface area (Å²) in [6, 6.07) is 35.9. The number of terminal acetylenes is 1. The molecule has 2 aliphatic rings. The maximum atomic E-state index is 5.95. The van der Waals surface area contributed by atoms with Crippen molar-refractivity contribution in [2.24, 2.45) is 5.92 Å². The van der Waals surface area contributed by atoms with Gasteiger partial charge in [-0.15, -0.1) is 6.42 Å². The molecular weight excluding hydrogens is 661 g/mol. The molecule has 4 aromatic carbocycles. The summed E-state index contributed by atoms with van der Waals surface area (Å²) in [4.78, 5) is 0. The predicted octanol–water partition coefficient (Wildman–Crippen LogP) is 14.0. The van der Waals surface area contributed by atoms with E-state index in [0.717, 1.165) is 12.8 Å². The minimum atomic E-state index is -0.559. The molecule has 0 radical (unpaired) electrons. The first kappa shape index (κ1) is 38.8. The zero-order valence-corrected chi connectivity index (χ0v) is 33.4. The second-order valence-corrected chi connectivity index (χ2v) is 15.0. The van der Waals surface area contributed by atoms with Gasteiger partial charge < -0.3 is 0 Å². The quantitative estimate of drug-likeness (QED) is 0.101. The highest BCUT2D eigenvalue weighted by Gasteiger charge is 2.55. The van der Waals surface area contributed by atoms with Crippen LogP contribution < -0.4 is 0 Å². The third-order valence-corrected chi connectivity index (χ3v) is 11.7. The Hall–Kier alpha value is -5.90. The molecule has 0 nitrogen and oxygen atoms in total. The number of fused-ring (bicyclic) bond motifs is 4. The number of hydrogen-bond donors (Lipinski definition) is 0. The molecule has 3 unspecified atom stereocenters. The van der Waals surface area contributed by atoms with Gasteiger partial charge in [0, 0.05) is 5.41 Å². The Balaban J connectivity index is 1.72. The van der Waals surface area contributed by atoms with Crippen molar-refractivity contribution < 1.29 is 0 Å². The summed E-state index contributed by atoms with van der Waals surface area (Å²) in [5, 5.41) is 0. The maximum Gasteiger partial charge on any atom is 0.0713 e. The summed E-state index contributed by atoms with van der Waals surface area (Å²) < 4.78 is 0. The number of allylic oxidation sites excluding steroid dienone is 16. The Kier molecular flexibility index (Phi) is 12.0. The largest absolute Gasteiger partial charge is 0.115 e. The van der Waals surface area contributed by atoms with Gasteiger partial charge in [-0.05, 0) is 138 Å². The lowest BCUT2D eigenvalue weighted by molar-refractivity contribution is 0.558. The highest BCUT2D eigenvalue weighted by Crippen LogP contribution is 2.63. The number of rotatable bonds is 12. The van der Waals surface area contributed by atoms with Crippen LogP contribution >= 0.6 is 0 Å². The van der Waals surface area contributed by atoms with E-state index in [1.165, 1.54) is 72.4 Å². The van der Waals surface area contributed by atoms with Gasteiger partial charge in [-0.1, -0.05) is 177 Å². The summed E-state index contributed by atoms with van der Waals surface area (Å²) in [5.74, 6) is 3.28. The van der Waals surface area contributed by atoms with E-state index in [-0.39, 0.29) is 0 Å². The van der Waals surface area contributed by atoms with Gasteiger partial charge in [-0.25, -0.2) is 0 Å². The lowest BCUT2D eigenvalue weighted by atomic mass is 9.51. The molecule has 0 saturated carbocycles.